The number of carbonyl (C=O) groups is 2. The molecule has 0 aromatic carbocycles. The number of hydrogen-bond donors (Lipinski definition) is 3. The highest BCUT2D eigenvalue weighted by Crippen LogP contribution is 2.19. The summed E-state index contributed by atoms with van der Waals surface area (Å²) in [7, 11) is 1.69. The minimum absolute atomic E-state index is 0.0725. The van der Waals surface area contributed by atoms with Gasteiger partial charge in [0, 0.05) is 19.8 Å². The molecule has 0 bridgehead atoms. The number of nitrogens with zero attached hydrogens (tertiary/aromatic N) is 1. The van der Waals surface area contributed by atoms with Crippen molar-refractivity contribution in [1.29, 1.82) is 0 Å². The van der Waals surface area contributed by atoms with Gasteiger partial charge >= 0.3 is 0 Å². The van der Waals surface area contributed by atoms with Gasteiger partial charge in [-0.25, -0.2) is 4.98 Å². The number of halogens is 1. The van der Waals surface area contributed by atoms with E-state index in [1.54, 1.807) is 7.05 Å². The fourth-order valence-electron chi connectivity index (χ4n) is 1.39. The van der Waals surface area contributed by atoms with Crippen LogP contribution in [0.3, 0.4) is 0 Å². The van der Waals surface area contributed by atoms with E-state index in [9.17, 15) is 9.59 Å². The molecule has 0 aliphatic rings. The third kappa shape index (κ3) is 5.05. The van der Waals surface area contributed by atoms with Crippen LogP contribution in [0.4, 0.5) is 5.82 Å². The van der Waals surface area contributed by atoms with Gasteiger partial charge in [-0.2, -0.15) is 0 Å². The minimum Gasteiger partial charge on any atom is -0.372 e. The zero-order valence-corrected chi connectivity index (χ0v) is 12.5. The zero-order chi connectivity index (χ0) is 15.1. The molecule has 1 heterocycles. The number of rotatable bonds is 6. The number of anilines is 1. The number of hydrogen-bond acceptors (Lipinski definition) is 4. The fraction of sp³-hybridized carbons (Fsp3) is 0.462. The third-order valence-electron chi connectivity index (χ3n) is 2.46. The van der Waals surface area contributed by atoms with E-state index in [2.05, 4.69) is 20.9 Å². The van der Waals surface area contributed by atoms with Crippen LogP contribution in [0, 0.1) is 5.92 Å². The molecule has 6 nitrogen and oxygen atoms in total. The first-order chi connectivity index (χ1) is 9.43. The van der Waals surface area contributed by atoms with Gasteiger partial charge in [-0.3, -0.25) is 9.59 Å². The van der Waals surface area contributed by atoms with Gasteiger partial charge < -0.3 is 16.0 Å². The molecular formula is C13H19ClN4O2. The lowest BCUT2D eigenvalue weighted by Gasteiger charge is -2.09. The Morgan fingerprint density at radius 3 is 2.60 bits per heavy atom. The Kier molecular flexibility index (Phi) is 6.24. The molecule has 3 N–H and O–H groups in total. The van der Waals surface area contributed by atoms with Gasteiger partial charge in [0.15, 0.2) is 0 Å². The molecule has 110 valence electrons. The molecule has 0 saturated heterocycles. The number of amides is 2. The summed E-state index contributed by atoms with van der Waals surface area (Å²) in [6.07, 6.45) is 1.40. The second-order valence-electron chi connectivity index (χ2n) is 4.69. The molecule has 0 radical (unpaired) electrons. The van der Waals surface area contributed by atoms with Crippen LogP contribution in [0.15, 0.2) is 12.3 Å². The van der Waals surface area contributed by atoms with E-state index in [1.807, 2.05) is 13.8 Å². The van der Waals surface area contributed by atoms with Crippen molar-refractivity contribution >= 4 is 29.2 Å². The molecule has 1 aromatic rings. The highest BCUT2D eigenvalue weighted by molar-refractivity contribution is 6.33. The molecule has 7 heteroatoms. The summed E-state index contributed by atoms with van der Waals surface area (Å²) in [5.41, 5.74) is 0.311. The first kappa shape index (κ1) is 16.2. The van der Waals surface area contributed by atoms with Crippen molar-refractivity contribution in [3.63, 3.8) is 0 Å². The Bertz CT molecular complexity index is 491. The zero-order valence-electron chi connectivity index (χ0n) is 11.8. The molecule has 1 rings (SSSR count). The van der Waals surface area contributed by atoms with E-state index in [1.165, 1.54) is 12.3 Å². The lowest BCUT2D eigenvalue weighted by molar-refractivity contribution is -0.120. The lowest BCUT2D eigenvalue weighted by atomic mass is 10.2. The summed E-state index contributed by atoms with van der Waals surface area (Å²) in [5.74, 6) is 0.254. The summed E-state index contributed by atoms with van der Waals surface area (Å²) in [5, 5.41) is 8.38. The van der Waals surface area contributed by atoms with Crippen LogP contribution >= 0.6 is 11.6 Å². The summed E-state index contributed by atoms with van der Waals surface area (Å²) >= 11 is 5.94. The molecule has 0 spiro atoms. The second kappa shape index (κ2) is 7.69. The molecule has 0 atom stereocenters. The van der Waals surface area contributed by atoms with Crippen molar-refractivity contribution in [2.75, 3.05) is 25.5 Å². The van der Waals surface area contributed by atoms with Crippen LogP contribution in [-0.2, 0) is 4.79 Å². The summed E-state index contributed by atoms with van der Waals surface area (Å²) in [4.78, 5) is 27.3. The molecule has 0 aliphatic heterocycles. The van der Waals surface area contributed by atoms with Gasteiger partial charge in [-0.05, 0) is 12.0 Å². The average molecular weight is 299 g/mol. The molecular weight excluding hydrogens is 280 g/mol. The molecule has 0 saturated carbocycles. The maximum atomic E-state index is 11.8. The van der Waals surface area contributed by atoms with Gasteiger partial charge in [0.2, 0.25) is 5.91 Å². The predicted octanol–water partition coefficient (Wildman–Crippen LogP) is 1.28. The van der Waals surface area contributed by atoms with Crippen molar-refractivity contribution < 1.29 is 9.59 Å². The Balaban J connectivity index is 2.51. The monoisotopic (exact) mass is 298 g/mol. The van der Waals surface area contributed by atoms with E-state index in [4.69, 9.17) is 11.6 Å². The lowest BCUT2D eigenvalue weighted by Crippen LogP contribution is -2.38. The summed E-state index contributed by atoms with van der Waals surface area (Å²) < 4.78 is 0. The second-order valence-corrected chi connectivity index (χ2v) is 5.09. The van der Waals surface area contributed by atoms with Crippen molar-refractivity contribution in [2.24, 2.45) is 5.92 Å². The van der Waals surface area contributed by atoms with Crippen molar-refractivity contribution in [2.45, 2.75) is 13.8 Å². The number of carbonyl (C=O) groups excluding carboxylic acids is 2. The first-order valence-electron chi connectivity index (χ1n) is 6.32. The van der Waals surface area contributed by atoms with E-state index in [0.29, 0.717) is 28.9 Å². The normalized spacial score (nSPS) is 10.2. The highest BCUT2D eigenvalue weighted by Gasteiger charge is 2.11. The van der Waals surface area contributed by atoms with Crippen LogP contribution in [0.2, 0.25) is 5.02 Å². The summed E-state index contributed by atoms with van der Waals surface area (Å²) in [6.45, 7) is 4.50. The SMILES string of the molecule is CNc1ncc(C(=O)NCC(=O)NCC(C)C)cc1Cl. The maximum absolute atomic E-state index is 11.8. The first-order valence-corrected chi connectivity index (χ1v) is 6.70. The molecule has 2 amide bonds. The number of nitrogens with one attached hydrogen (secondary N) is 3. The number of pyridine rings is 1. The van der Waals surface area contributed by atoms with Gasteiger partial charge in [0.1, 0.15) is 5.82 Å². The average Bonchev–Trinajstić information content (AvgIpc) is 2.42. The van der Waals surface area contributed by atoms with Crippen molar-refractivity contribution in [3.05, 3.63) is 22.8 Å². The summed E-state index contributed by atoms with van der Waals surface area (Å²) in [6, 6.07) is 1.50. The maximum Gasteiger partial charge on any atom is 0.253 e. The van der Waals surface area contributed by atoms with Crippen LogP contribution in [0.25, 0.3) is 0 Å². The highest BCUT2D eigenvalue weighted by atomic mass is 35.5. The Labute approximate surface area is 123 Å². The van der Waals surface area contributed by atoms with Crippen LogP contribution in [-0.4, -0.2) is 36.9 Å². The van der Waals surface area contributed by atoms with E-state index < -0.39 is 0 Å². The fourth-order valence-corrected chi connectivity index (χ4v) is 1.65. The quantitative estimate of drug-likeness (QED) is 0.739. The van der Waals surface area contributed by atoms with E-state index >= 15 is 0 Å². The topological polar surface area (TPSA) is 83.1 Å². The molecule has 0 aliphatic carbocycles. The molecule has 0 fully saturated rings. The molecule has 0 unspecified atom stereocenters. The van der Waals surface area contributed by atoms with Gasteiger partial charge in [-0.1, -0.05) is 25.4 Å². The predicted molar refractivity (Wildman–Crippen MR) is 79.0 cm³/mol. The third-order valence-corrected chi connectivity index (χ3v) is 2.75. The Hall–Kier alpha value is -1.82. The van der Waals surface area contributed by atoms with E-state index in [0.717, 1.165) is 0 Å². The Morgan fingerprint density at radius 1 is 1.35 bits per heavy atom. The van der Waals surface area contributed by atoms with Crippen LogP contribution in [0.5, 0.6) is 0 Å². The Morgan fingerprint density at radius 2 is 2.05 bits per heavy atom. The largest absolute Gasteiger partial charge is 0.372 e. The number of aromatic nitrogens is 1. The van der Waals surface area contributed by atoms with Gasteiger partial charge in [-0.15, -0.1) is 0 Å². The smallest absolute Gasteiger partial charge is 0.253 e. The molecule has 1 aromatic heterocycles. The standard InChI is InChI=1S/C13H19ClN4O2/c1-8(2)5-16-11(19)7-18-13(20)9-4-10(14)12(15-3)17-6-9/h4,6,8H,5,7H2,1-3H3,(H,15,17)(H,16,19)(H,18,20). The van der Waals surface area contributed by atoms with Crippen molar-refractivity contribution in [3.8, 4) is 0 Å². The van der Waals surface area contributed by atoms with Crippen LogP contribution < -0.4 is 16.0 Å². The molecule has 20 heavy (non-hydrogen) atoms. The van der Waals surface area contributed by atoms with Gasteiger partial charge in [0.05, 0.1) is 17.1 Å². The minimum atomic E-state index is -0.387. The van der Waals surface area contributed by atoms with Gasteiger partial charge in [0.25, 0.3) is 5.91 Å². The van der Waals surface area contributed by atoms with Crippen LogP contribution in [0.1, 0.15) is 24.2 Å². The van der Waals surface area contributed by atoms with Crippen molar-refractivity contribution in [1.82, 2.24) is 15.6 Å². The van der Waals surface area contributed by atoms with E-state index in [-0.39, 0.29) is 18.4 Å².